The Morgan fingerprint density at radius 3 is 2.19 bits per heavy atom. The number of carbonyl (C=O) groups is 2. The number of nitrogens with one attached hydrogen (secondary N) is 2. The lowest BCUT2D eigenvalue weighted by atomic mass is 10.1. The van der Waals surface area contributed by atoms with E-state index in [-0.39, 0.29) is 11.6 Å². The summed E-state index contributed by atoms with van der Waals surface area (Å²) in [6.45, 7) is 3.98. The van der Waals surface area contributed by atoms with Crippen LogP contribution in [0.2, 0.25) is 0 Å². The van der Waals surface area contributed by atoms with E-state index in [4.69, 9.17) is 9.47 Å². The molecule has 0 bridgehead atoms. The summed E-state index contributed by atoms with van der Waals surface area (Å²) in [6.07, 6.45) is 1.60. The molecule has 3 aromatic carbocycles. The monoisotopic (exact) mass is 430 g/mol. The third-order valence-corrected chi connectivity index (χ3v) is 5.01. The molecule has 0 saturated carbocycles. The van der Waals surface area contributed by atoms with Crippen molar-refractivity contribution in [2.75, 3.05) is 19.5 Å². The normalized spacial score (nSPS) is 10.9. The van der Waals surface area contributed by atoms with Gasteiger partial charge in [-0.2, -0.15) is 0 Å². The highest BCUT2D eigenvalue weighted by Gasteiger charge is 2.16. The van der Waals surface area contributed by atoms with Gasteiger partial charge < -0.3 is 20.1 Å². The van der Waals surface area contributed by atoms with Crippen molar-refractivity contribution in [1.82, 2.24) is 5.32 Å². The van der Waals surface area contributed by atoms with Crippen molar-refractivity contribution in [1.29, 1.82) is 0 Å². The van der Waals surface area contributed by atoms with Gasteiger partial charge in [0.05, 0.1) is 14.2 Å². The molecule has 2 amide bonds. The number of carbonyl (C=O) groups excluding carboxylic acids is 2. The summed E-state index contributed by atoms with van der Waals surface area (Å²) in [7, 11) is 3.09. The average Bonchev–Trinajstić information content (AvgIpc) is 2.81. The highest BCUT2D eigenvalue weighted by atomic mass is 16.5. The molecule has 2 N–H and O–H groups in total. The number of rotatable bonds is 7. The molecule has 6 heteroatoms. The summed E-state index contributed by atoms with van der Waals surface area (Å²) >= 11 is 0. The lowest BCUT2D eigenvalue weighted by molar-refractivity contribution is -0.113. The fourth-order valence-corrected chi connectivity index (χ4v) is 3.07. The first-order valence-electron chi connectivity index (χ1n) is 10.1. The minimum atomic E-state index is -0.438. The standard InChI is InChI=1S/C26H26N2O4/c1-17-10-12-21(14-18(17)2)27-26(30)22(28-25(29)20-8-6-5-7-9-20)15-19-11-13-23(31-3)24(16-19)32-4/h5-16H,1-4H3,(H,27,30)(H,28,29)/b22-15-. The number of amides is 2. The number of hydrogen-bond donors (Lipinski definition) is 2. The van der Waals surface area contributed by atoms with Crippen molar-refractivity contribution < 1.29 is 19.1 Å². The quantitative estimate of drug-likeness (QED) is 0.531. The SMILES string of the molecule is COc1ccc(/C=C(\NC(=O)c2ccccc2)C(=O)Nc2ccc(C)c(C)c2)cc1OC. The first-order chi connectivity index (χ1) is 15.4. The summed E-state index contributed by atoms with van der Waals surface area (Å²) in [5.74, 6) is 0.267. The van der Waals surface area contributed by atoms with Crippen LogP contribution in [0.5, 0.6) is 11.5 Å². The van der Waals surface area contributed by atoms with Gasteiger partial charge >= 0.3 is 0 Å². The number of ether oxygens (including phenoxy) is 2. The van der Waals surface area contributed by atoms with E-state index in [0.29, 0.717) is 28.3 Å². The maximum Gasteiger partial charge on any atom is 0.272 e. The van der Waals surface area contributed by atoms with Crippen LogP contribution >= 0.6 is 0 Å². The Morgan fingerprint density at radius 2 is 1.53 bits per heavy atom. The molecule has 0 aliphatic rings. The van der Waals surface area contributed by atoms with Gasteiger partial charge in [-0.15, -0.1) is 0 Å². The van der Waals surface area contributed by atoms with E-state index < -0.39 is 5.91 Å². The van der Waals surface area contributed by atoms with E-state index in [1.54, 1.807) is 55.7 Å². The van der Waals surface area contributed by atoms with Crippen LogP contribution in [0, 0.1) is 13.8 Å². The number of aryl methyl sites for hydroxylation is 2. The van der Waals surface area contributed by atoms with Crippen LogP contribution in [0.4, 0.5) is 5.69 Å². The second-order valence-corrected chi connectivity index (χ2v) is 7.25. The van der Waals surface area contributed by atoms with Crippen LogP contribution in [-0.2, 0) is 4.79 Å². The predicted octanol–water partition coefficient (Wildman–Crippen LogP) is 4.73. The van der Waals surface area contributed by atoms with E-state index in [1.165, 1.54) is 7.11 Å². The van der Waals surface area contributed by atoms with Gasteiger partial charge in [-0.1, -0.05) is 30.3 Å². The molecule has 0 aliphatic heterocycles. The van der Waals surface area contributed by atoms with Gasteiger partial charge in [0.2, 0.25) is 0 Å². The minimum absolute atomic E-state index is 0.101. The smallest absolute Gasteiger partial charge is 0.272 e. The third kappa shape index (κ3) is 5.55. The Hall–Kier alpha value is -4.06. The first kappa shape index (κ1) is 22.6. The molecule has 0 heterocycles. The molecule has 32 heavy (non-hydrogen) atoms. The van der Waals surface area contributed by atoms with Crippen molar-refractivity contribution in [3.05, 3.63) is 94.7 Å². The van der Waals surface area contributed by atoms with Crippen molar-refractivity contribution in [3.8, 4) is 11.5 Å². The fraction of sp³-hybridized carbons (Fsp3) is 0.154. The van der Waals surface area contributed by atoms with E-state index in [0.717, 1.165) is 11.1 Å². The summed E-state index contributed by atoms with van der Waals surface area (Å²) in [4.78, 5) is 25.9. The maximum absolute atomic E-state index is 13.1. The van der Waals surface area contributed by atoms with Crippen molar-refractivity contribution in [2.24, 2.45) is 0 Å². The second-order valence-electron chi connectivity index (χ2n) is 7.25. The third-order valence-electron chi connectivity index (χ3n) is 5.01. The van der Waals surface area contributed by atoms with E-state index >= 15 is 0 Å². The van der Waals surface area contributed by atoms with E-state index in [9.17, 15) is 9.59 Å². The molecule has 3 aromatic rings. The zero-order chi connectivity index (χ0) is 23.1. The molecule has 3 rings (SSSR count). The van der Waals surface area contributed by atoms with Gasteiger partial charge in [0.1, 0.15) is 5.70 Å². The van der Waals surface area contributed by atoms with Crippen LogP contribution in [0.1, 0.15) is 27.0 Å². The molecule has 0 aliphatic carbocycles. The molecule has 0 saturated heterocycles. The molecule has 0 unspecified atom stereocenters. The van der Waals surface area contributed by atoms with Crippen LogP contribution in [0.15, 0.2) is 72.4 Å². The minimum Gasteiger partial charge on any atom is -0.493 e. The predicted molar refractivity (Wildman–Crippen MR) is 126 cm³/mol. The Bertz CT molecular complexity index is 1150. The summed E-state index contributed by atoms with van der Waals surface area (Å²) in [5, 5.41) is 5.59. The van der Waals surface area contributed by atoms with Gasteiger partial charge in [0, 0.05) is 11.3 Å². The van der Waals surface area contributed by atoms with Gasteiger partial charge in [0.25, 0.3) is 11.8 Å². The van der Waals surface area contributed by atoms with Gasteiger partial charge in [-0.25, -0.2) is 0 Å². The van der Waals surface area contributed by atoms with Crippen LogP contribution < -0.4 is 20.1 Å². The highest BCUT2D eigenvalue weighted by molar-refractivity contribution is 6.10. The van der Waals surface area contributed by atoms with Gasteiger partial charge in [-0.3, -0.25) is 9.59 Å². The summed E-state index contributed by atoms with van der Waals surface area (Å²) in [6, 6.07) is 19.6. The van der Waals surface area contributed by atoms with Crippen LogP contribution in [0.25, 0.3) is 6.08 Å². The summed E-state index contributed by atoms with van der Waals surface area (Å²) < 4.78 is 10.6. The lowest BCUT2D eigenvalue weighted by Gasteiger charge is -2.13. The topological polar surface area (TPSA) is 76.7 Å². The highest BCUT2D eigenvalue weighted by Crippen LogP contribution is 2.28. The molecule has 164 valence electrons. The molecule has 0 aromatic heterocycles. The molecular formula is C26H26N2O4. The average molecular weight is 431 g/mol. The van der Waals surface area contributed by atoms with E-state index in [1.807, 2.05) is 38.1 Å². The molecule has 6 nitrogen and oxygen atoms in total. The number of hydrogen-bond acceptors (Lipinski definition) is 4. The Kier molecular flexibility index (Phi) is 7.29. The molecule has 0 atom stereocenters. The Morgan fingerprint density at radius 1 is 0.812 bits per heavy atom. The van der Waals surface area contributed by atoms with Crippen LogP contribution in [0.3, 0.4) is 0 Å². The Labute approximate surface area is 187 Å². The lowest BCUT2D eigenvalue weighted by Crippen LogP contribution is -2.30. The van der Waals surface area contributed by atoms with Gasteiger partial charge in [0.15, 0.2) is 11.5 Å². The number of methoxy groups -OCH3 is 2. The second kappa shape index (κ2) is 10.3. The molecule has 0 fully saturated rings. The molecule has 0 radical (unpaired) electrons. The first-order valence-corrected chi connectivity index (χ1v) is 10.1. The van der Waals surface area contributed by atoms with Crippen molar-refractivity contribution in [3.63, 3.8) is 0 Å². The zero-order valence-corrected chi connectivity index (χ0v) is 18.6. The molecule has 0 spiro atoms. The van der Waals surface area contributed by atoms with E-state index in [2.05, 4.69) is 10.6 Å². The van der Waals surface area contributed by atoms with Crippen LogP contribution in [-0.4, -0.2) is 26.0 Å². The Balaban J connectivity index is 1.94. The maximum atomic E-state index is 13.1. The van der Waals surface area contributed by atoms with Crippen molar-refractivity contribution >= 4 is 23.6 Å². The number of anilines is 1. The van der Waals surface area contributed by atoms with Gasteiger partial charge in [-0.05, 0) is 73.0 Å². The molecular weight excluding hydrogens is 404 g/mol. The summed E-state index contributed by atoms with van der Waals surface area (Å²) in [5.41, 5.74) is 4.04. The fourth-order valence-electron chi connectivity index (χ4n) is 3.07. The zero-order valence-electron chi connectivity index (χ0n) is 18.6. The number of benzene rings is 3. The van der Waals surface area contributed by atoms with Crippen molar-refractivity contribution in [2.45, 2.75) is 13.8 Å². The largest absolute Gasteiger partial charge is 0.493 e.